The summed E-state index contributed by atoms with van der Waals surface area (Å²) in [7, 11) is 0. The minimum absolute atomic E-state index is 0.342. The Morgan fingerprint density at radius 2 is 1.74 bits per heavy atom. The molecular formula is C16H27NOS. The number of hydrogen-bond donors (Lipinski definition) is 1. The molecule has 1 aromatic rings. The van der Waals surface area contributed by atoms with Crippen LogP contribution in [0.5, 0.6) is 0 Å². The lowest BCUT2D eigenvalue weighted by molar-refractivity contribution is 0.145. The maximum absolute atomic E-state index is 10.2. The van der Waals surface area contributed by atoms with Crippen LogP contribution in [0.1, 0.15) is 45.3 Å². The van der Waals surface area contributed by atoms with Gasteiger partial charge in [-0.15, -0.1) is 11.8 Å². The summed E-state index contributed by atoms with van der Waals surface area (Å²) in [5, 5.41) is 10.2. The maximum atomic E-state index is 10.2. The SMILES string of the molecule is CCCSc1ccc(C(O)CCN(CC)CC)cc1. The number of benzene rings is 1. The molecule has 1 N–H and O–H groups in total. The highest BCUT2D eigenvalue weighted by Gasteiger charge is 2.09. The topological polar surface area (TPSA) is 23.5 Å². The van der Waals surface area contributed by atoms with Crippen LogP contribution in [-0.4, -0.2) is 35.4 Å². The van der Waals surface area contributed by atoms with Crippen LogP contribution < -0.4 is 0 Å². The summed E-state index contributed by atoms with van der Waals surface area (Å²) in [6, 6.07) is 8.36. The van der Waals surface area contributed by atoms with Gasteiger partial charge < -0.3 is 10.0 Å². The van der Waals surface area contributed by atoms with Crippen molar-refractivity contribution in [2.24, 2.45) is 0 Å². The van der Waals surface area contributed by atoms with E-state index in [1.54, 1.807) is 0 Å². The minimum atomic E-state index is -0.342. The van der Waals surface area contributed by atoms with E-state index < -0.39 is 0 Å². The predicted molar refractivity (Wildman–Crippen MR) is 84.8 cm³/mol. The summed E-state index contributed by atoms with van der Waals surface area (Å²) in [5.74, 6) is 1.16. The van der Waals surface area contributed by atoms with Gasteiger partial charge in [0.25, 0.3) is 0 Å². The summed E-state index contributed by atoms with van der Waals surface area (Å²) in [4.78, 5) is 3.64. The van der Waals surface area contributed by atoms with Gasteiger partial charge in [-0.1, -0.05) is 32.9 Å². The zero-order valence-corrected chi connectivity index (χ0v) is 13.2. The minimum Gasteiger partial charge on any atom is -0.388 e. The standard InChI is InChI=1S/C16H27NOS/c1-4-13-19-15-9-7-14(8-10-15)16(18)11-12-17(5-2)6-3/h7-10,16,18H,4-6,11-13H2,1-3H3. The van der Waals surface area contributed by atoms with E-state index in [4.69, 9.17) is 0 Å². The Morgan fingerprint density at radius 1 is 1.11 bits per heavy atom. The Morgan fingerprint density at radius 3 is 2.26 bits per heavy atom. The third-order valence-electron chi connectivity index (χ3n) is 3.35. The van der Waals surface area contributed by atoms with Crippen molar-refractivity contribution >= 4 is 11.8 Å². The highest BCUT2D eigenvalue weighted by molar-refractivity contribution is 7.99. The van der Waals surface area contributed by atoms with E-state index in [2.05, 4.69) is 49.9 Å². The van der Waals surface area contributed by atoms with Gasteiger partial charge in [0.15, 0.2) is 0 Å². The number of rotatable bonds is 9. The quantitative estimate of drug-likeness (QED) is 0.693. The molecule has 0 aliphatic carbocycles. The third kappa shape index (κ3) is 5.98. The Balaban J connectivity index is 2.45. The van der Waals surface area contributed by atoms with Crippen molar-refractivity contribution in [2.75, 3.05) is 25.4 Å². The van der Waals surface area contributed by atoms with Crippen molar-refractivity contribution in [3.05, 3.63) is 29.8 Å². The first-order valence-electron chi connectivity index (χ1n) is 7.34. The molecule has 0 radical (unpaired) electrons. The first-order chi connectivity index (χ1) is 9.21. The Kier molecular flexibility index (Phi) is 8.19. The van der Waals surface area contributed by atoms with Gasteiger partial charge in [0.1, 0.15) is 0 Å². The van der Waals surface area contributed by atoms with Gasteiger partial charge in [-0.05, 0) is 49.4 Å². The smallest absolute Gasteiger partial charge is 0.0802 e. The first-order valence-corrected chi connectivity index (χ1v) is 8.32. The second kappa shape index (κ2) is 9.40. The van der Waals surface area contributed by atoms with Crippen LogP contribution in [0.4, 0.5) is 0 Å². The molecule has 0 saturated carbocycles. The molecule has 0 aromatic heterocycles. The third-order valence-corrected chi connectivity index (χ3v) is 4.57. The number of aliphatic hydroxyl groups excluding tert-OH is 1. The molecule has 1 atom stereocenters. The van der Waals surface area contributed by atoms with Crippen LogP contribution in [0.25, 0.3) is 0 Å². The molecule has 0 saturated heterocycles. The molecule has 0 heterocycles. The van der Waals surface area contributed by atoms with Crippen LogP contribution >= 0.6 is 11.8 Å². The molecule has 2 nitrogen and oxygen atoms in total. The van der Waals surface area contributed by atoms with E-state index in [9.17, 15) is 5.11 Å². The molecule has 1 rings (SSSR count). The normalized spacial score (nSPS) is 12.9. The van der Waals surface area contributed by atoms with Gasteiger partial charge in [0, 0.05) is 11.4 Å². The van der Waals surface area contributed by atoms with Crippen molar-refractivity contribution < 1.29 is 5.11 Å². The molecule has 19 heavy (non-hydrogen) atoms. The van der Waals surface area contributed by atoms with Crippen LogP contribution in [0.2, 0.25) is 0 Å². The lowest BCUT2D eigenvalue weighted by atomic mass is 10.1. The fraction of sp³-hybridized carbons (Fsp3) is 0.625. The molecule has 0 amide bonds. The molecule has 0 aliphatic heterocycles. The monoisotopic (exact) mass is 281 g/mol. The summed E-state index contributed by atoms with van der Waals surface area (Å²) < 4.78 is 0. The number of nitrogens with zero attached hydrogens (tertiary/aromatic N) is 1. The summed E-state index contributed by atoms with van der Waals surface area (Å²) in [6.07, 6.45) is 1.66. The molecule has 0 spiro atoms. The lowest BCUT2D eigenvalue weighted by Crippen LogP contribution is -2.25. The van der Waals surface area contributed by atoms with Crippen molar-refractivity contribution in [3.8, 4) is 0 Å². The zero-order valence-electron chi connectivity index (χ0n) is 12.4. The van der Waals surface area contributed by atoms with Crippen LogP contribution in [0.3, 0.4) is 0 Å². The zero-order chi connectivity index (χ0) is 14.1. The maximum Gasteiger partial charge on any atom is 0.0802 e. The van der Waals surface area contributed by atoms with Gasteiger partial charge in [-0.3, -0.25) is 0 Å². The molecule has 3 heteroatoms. The molecule has 1 unspecified atom stereocenters. The van der Waals surface area contributed by atoms with Crippen LogP contribution in [0, 0.1) is 0 Å². The largest absolute Gasteiger partial charge is 0.388 e. The van der Waals surface area contributed by atoms with Gasteiger partial charge >= 0.3 is 0 Å². The van der Waals surface area contributed by atoms with E-state index in [1.807, 2.05) is 11.8 Å². The lowest BCUT2D eigenvalue weighted by Gasteiger charge is -2.20. The van der Waals surface area contributed by atoms with E-state index in [-0.39, 0.29) is 6.10 Å². The van der Waals surface area contributed by atoms with Crippen LogP contribution in [0.15, 0.2) is 29.2 Å². The number of hydrogen-bond acceptors (Lipinski definition) is 3. The molecular weight excluding hydrogens is 254 g/mol. The van der Waals surface area contributed by atoms with Gasteiger partial charge in [-0.2, -0.15) is 0 Å². The fourth-order valence-electron chi connectivity index (χ4n) is 2.02. The van der Waals surface area contributed by atoms with Gasteiger partial charge in [-0.25, -0.2) is 0 Å². The van der Waals surface area contributed by atoms with E-state index in [0.29, 0.717) is 0 Å². The summed E-state index contributed by atoms with van der Waals surface area (Å²) in [5.41, 5.74) is 1.04. The molecule has 0 bridgehead atoms. The Hall–Kier alpha value is -0.510. The average Bonchev–Trinajstić information content (AvgIpc) is 2.46. The van der Waals surface area contributed by atoms with Crippen molar-refractivity contribution in [1.29, 1.82) is 0 Å². The molecule has 108 valence electrons. The summed E-state index contributed by atoms with van der Waals surface area (Å²) >= 11 is 1.88. The van der Waals surface area contributed by atoms with Gasteiger partial charge in [0.05, 0.1) is 6.10 Å². The summed E-state index contributed by atoms with van der Waals surface area (Å²) in [6.45, 7) is 9.58. The first kappa shape index (κ1) is 16.5. The van der Waals surface area contributed by atoms with Crippen molar-refractivity contribution in [1.82, 2.24) is 4.90 Å². The average molecular weight is 281 g/mol. The second-order valence-corrected chi connectivity index (χ2v) is 5.92. The molecule has 0 aliphatic rings. The Labute approximate surface area is 122 Å². The fourth-order valence-corrected chi connectivity index (χ4v) is 2.79. The molecule has 1 aromatic carbocycles. The highest BCUT2D eigenvalue weighted by Crippen LogP contribution is 2.23. The van der Waals surface area contributed by atoms with Crippen LogP contribution in [-0.2, 0) is 0 Å². The van der Waals surface area contributed by atoms with Gasteiger partial charge in [0.2, 0.25) is 0 Å². The van der Waals surface area contributed by atoms with E-state index >= 15 is 0 Å². The van der Waals surface area contributed by atoms with E-state index in [0.717, 1.165) is 37.4 Å². The second-order valence-electron chi connectivity index (χ2n) is 4.75. The van der Waals surface area contributed by atoms with Crippen molar-refractivity contribution in [3.63, 3.8) is 0 Å². The molecule has 0 fully saturated rings. The number of thioether (sulfide) groups is 1. The number of aliphatic hydroxyl groups is 1. The Bertz CT molecular complexity index is 335. The highest BCUT2D eigenvalue weighted by atomic mass is 32.2. The predicted octanol–water partition coefficient (Wildman–Crippen LogP) is 3.95. The van der Waals surface area contributed by atoms with E-state index in [1.165, 1.54) is 11.3 Å². The van der Waals surface area contributed by atoms with Crippen molar-refractivity contribution in [2.45, 2.75) is 44.6 Å².